The predicted molar refractivity (Wildman–Crippen MR) is 131 cm³/mol. The smallest absolute Gasteiger partial charge is 0.338 e. The zero-order valence-corrected chi connectivity index (χ0v) is 20.2. The predicted octanol–water partition coefficient (Wildman–Crippen LogP) is 3.47. The number of pyridine rings is 1. The molecule has 162 valence electrons. The van der Waals surface area contributed by atoms with E-state index in [0.29, 0.717) is 23.7 Å². The van der Waals surface area contributed by atoms with E-state index >= 15 is 0 Å². The minimum Gasteiger partial charge on any atom is -0.462 e. The number of hydrogen-bond acceptors (Lipinski definition) is 5. The first-order chi connectivity index (χ1) is 14.1. The summed E-state index contributed by atoms with van der Waals surface area (Å²) in [6.45, 7) is 4.47. The molecule has 1 aliphatic heterocycles. The topological polar surface area (TPSA) is 78.8 Å². The van der Waals surface area contributed by atoms with E-state index in [4.69, 9.17) is 16.3 Å². The minimum absolute atomic E-state index is 0. The summed E-state index contributed by atoms with van der Waals surface area (Å²) >= 11 is 6.26. The molecule has 1 fully saturated rings. The average molecular weight is 544 g/mol. The third-order valence-electron chi connectivity index (χ3n) is 4.72. The van der Waals surface area contributed by atoms with Crippen molar-refractivity contribution in [3.63, 3.8) is 0 Å². The summed E-state index contributed by atoms with van der Waals surface area (Å²) < 4.78 is 5.01. The van der Waals surface area contributed by atoms with Crippen LogP contribution in [0.5, 0.6) is 0 Å². The van der Waals surface area contributed by atoms with Gasteiger partial charge < -0.3 is 20.3 Å². The molecule has 7 nitrogen and oxygen atoms in total. The number of rotatable bonds is 6. The van der Waals surface area contributed by atoms with Crippen molar-refractivity contribution in [2.75, 3.05) is 31.6 Å². The zero-order chi connectivity index (χ0) is 20.6. The van der Waals surface area contributed by atoms with Gasteiger partial charge in [0.2, 0.25) is 0 Å². The van der Waals surface area contributed by atoms with Crippen molar-refractivity contribution in [1.29, 1.82) is 0 Å². The summed E-state index contributed by atoms with van der Waals surface area (Å²) in [5, 5.41) is 7.44. The van der Waals surface area contributed by atoms with Crippen LogP contribution in [0.25, 0.3) is 0 Å². The van der Waals surface area contributed by atoms with Crippen LogP contribution in [-0.2, 0) is 11.3 Å². The van der Waals surface area contributed by atoms with Crippen molar-refractivity contribution in [3.05, 3.63) is 58.7 Å². The van der Waals surface area contributed by atoms with Gasteiger partial charge in [0.15, 0.2) is 5.96 Å². The fraction of sp³-hybridized carbons (Fsp3) is 0.381. The van der Waals surface area contributed by atoms with Crippen molar-refractivity contribution in [3.8, 4) is 0 Å². The maximum absolute atomic E-state index is 11.7. The first-order valence-corrected chi connectivity index (χ1v) is 10.1. The maximum atomic E-state index is 11.7. The number of hydrogen-bond donors (Lipinski definition) is 2. The van der Waals surface area contributed by atoms with Crippen LogP contribution < -0.4 is 15.5 Å². The lowest BCUT2D eigenvalue weighted by atomic mass is 10.1. The number of esters is 1. The number of ether oxygens (including phenoxy) is 1. The lowest BCUT2D eigenvalue weighted by Crippen LogP contribution is -2.44. The van der Waals surface area contributed by atoms with Gasteiger partial charge in [0, 0.05) is 38.9 Å². The van der Waals surface area contributed by atoms with Crippen LogP contribution in [0.2, 0.25) is 5.02 Å². The second kappa shape index (κ2) is 11.9. The van der Waals surface area contributed by atoms with Crippen molar-refractivity contribution < 1.29 is 9.53 Å². The van der Waals surface area contributed by atoms with Crippen LogP contribution in [-0.4, -0.2) is 49.7 Å². The molecule has 9 heteroatoms. The third-order valence-corrected chi connectivity index (χ3v) is 5.01. The van der Waals surface area contributed by atoms with Crippen molar-refractivity contribution >= 4 is 53.3 Å². The highest BCUT2D eigenvalue weighted by molar-refractivity contribution is 14.0. The Kier molecular flexibility index (Phi) is 9.64. The van der Waals surface area contributed by atoms with Gasteiger partial charge in [0.1, 0.15) is 5.82 Å². The summed E-state index contributed by atoms with van der Waals surface area (Å²) in [5.74, 6) is 1.25. The molecule has 0 spiro atoms. The highest BCUT2D eigenvalue weighted by atomic mass is 127. The molecule has 0 amide bonds. The number of halogens is 2. The number of nitrogens with one attached hydrogen (secondary N) is 2. The molecular formula is C21H27ClIN5O2. The van der Waals surface area contributed by atoms with E-state index in [1.165, 1.54) is 0 Å². The number of aliphatic imine (C=N–C) groups is 1. The van der Waals surface area contributed by atoms with Gasteiger partial charge in [-0.2, -0.15) is 0 Å². The minimum atomic E-state index is -0.303. The molecule has 0 saturated carbocycles. The first-order valence-electron chi connectivity index (χ1n) is 9.69. The van der Waals surface area contributed by atoms with Crippen LogP contribution in [0.15, 0.2) is 47.6 Å². The van der Waals surface area contributed by atoms with Crippen LogP contribution in [0.1, 0.15) is 29.3 Å². The Hall–Kier alpha value is -2.07. The number of aromatic nitrogens is 1. The number of benzene rings is 1. The van der Waals surface area contributed by atoms with Crippen LogP contribution in [0, 0.1) is 0 Å². The van der Waals surface area contributed by atoms with Crippen molar-refractivity contribution in [1.82, 2.24) is 15.6 Å². The molecule has 0 aliphatic carbocycles. The maximum Gasteiger partial charge on any atom is 0.338 e. The van der Waals surface area contributed by atoms with Crippen LogP contribution in [0.3, 0.4) is 0 Å². The van der Waals surface area contributed by atoms with E-state index in [-0.39, 0.29) is 36.0 Å². The summed E-state index contributed by atoms with van der Waals surface area (Å²) in [5.41, 5.74) is 1.60. The van der Waals surface area contributed by atoms with E-state index in [0.717, 1.165) is 36.9 Å². The van der Waals surface area contributed by atoms with E-state index in [2.05, 4.69) is 25.5 Å². The quantitative estimate of drug-likeness (QED) is 0.251. The second-order valence-corrected chi connectivity index (χ2v) is 7.14. The van der Waals surface area contributed by atoms with Gasteiger partial charge in [0.05, 0.1) is 17.2 Å². The first kappa shape index (κ1) is 24.2. The molecule has 3 rings (SSSR count). The van der Waals surface area contributed by atoms with E-state index in [1.807, 2.05) is 24.3 Å². The number of nitrogens with zero attached hydrogens (tertiary/aromatic N) is 3. The van der Waals surface area contributed by atoms with Gasteiger partial charge in [0.25, 0.3) is 0 Å². The van der Waals surface area contributed by atoms with E-state index in [1.54, 1.807) is 32.3 Å². The highest BCUT2D eigenvalue weighted by Crippen LogP contribution is 2.25. The number of anilines is 1. The van der Waals surface area contributed by atoms with Gasteiger partial charge in [-0.15, -0.1) is 24.0 Å². The Balaban J connectivity index is 0.00000320. The number of carbonyl (C=O) groups excluding carboxylic acids is 1. The van der Waals surface area contributed by atoms with Crippen molar-refractivity contribution in [2.45, 2.75) is 25.9 Å². The van der Waals surface area contributed by atoms with Gasteiger partial charge in [-0.25, -0.2) is 9.78 Å². The fourth-order valence-corrected chi connectivity index (χ4v) is 3.47. The zero-order valence-electron chi connectivity index (χ0n) is 17.1. The molecule has 1 aliphatic rings. The van der Waals surface area contributed by atoms with Gasteiger partial charge >= 0.3 is 5.97 Å². The van der Waals surface area contributed by atoms with Crippen LogP contribution in [0.4, 0.5) is 5.82 Å². The van der Waals surface area contributed by atoms with Crippen LogP contribution >= 0.6 is 35.6 Å². The molecule has 1 aromatic carbocycles. The second-order valence-electron chi connectivity index (χ2n) is 6.73. The Morgan fingerprint density at radius 2 is 2.10 bits per heavy atom. The fourth-order valence-electron chi connectivity index (χ4n) is 3.23. The third kappa shape index (κ3) is 6.46. The van der Waals surface area contributed by atoms with Gasteiger partial charge in [-0.3, -0.25) is 4.99 Å². The van der Waals surface area contributed by atoms with E-state index in [9.17, 15) is 4.79 Å². The molecule has 2 heterocycles. The molecule has 0 radical (unpaired) electrons. The largest absolute Gasteiger partial charge is 0.462 e. The molecule has 0 bridgehead atoms. The highest BCUT2D eigenvalue weighted by Gasteiger charge is 2.25. The van der Waals surface area contributed by atoms with Gasteiger partial charge in [-0.05, 0) is 43.2 Å². The van der Waals surface area contributed by atoms with Gasteiger partial charge in [-0.1, -0.05) is 23.7 Å². The average Bonchev–Trinajstić information content (AvgIpc) is 3.20. The number of guanidine groups is 1. The Labute approximate surface area is 199 Å². The molecular weight excluding hydrogens is 517 g/mol. The Bertz CT molecular complexity index is 863. The monoisotopic (exact) mass is 543 g/mol. The molecule has 1 aromatic heterocycles. The molecule has 1 unspecified atom stereocenters. The standard InChI is InChI=1S/C21H26ClN5O2.HI/c1-3-29-20(28)16-8-6-15(7-9-16)13-25-21(23-2)26-17-10-12-27(14-17)19-18(22)5-4-11-24-19;/h4-9,11,17H,3,10,12-14H2,1-2H3,(H2,23,25,26);1H. The van der Waals surface area contributed by atoms with Crippen molar-refractivity contribution in [2.24, 2.45) is 4.99 Å². The number of carbonyl (C=O) groups is 1. The molecule has 2 N–H and O–H groups in total. The summed E-state index contributed by atoms with van der Waals surface area (Å²) in [7, 11) is 1.75. The molecule has 1 atom stereocenters. The van der Waals surface area contributed by atoms with E-state index < -0.39 is 0 Å². The normalized spacial score (nSPS) is 16.0. The summed E-state index contributed by atoms with van der Waals surface area (Å²) in [4.78, 5) is 22.6. The Morgan fingerprint density at radius 1 is 1.33 bits per heavy atom. The molecule has 2 aromatic rings. The molecule has 1 saturated heterocycles. The summed E-state index contributed by atoms with van der Waals surface area (Å²) in [6, 6.07) is 11.3. The molecule has 30 heavy (non-hydrogen) atoms. The SMILES string of the molecule is CCOC(=O)c1ccc(CNC(=NC)NC2CCN(c3ncccc3Cl)C2)cc1.I. The lowest BCUT2D eigenvalue weighted by Gasteiger charge is -2.20. The summed E-state index contributed by atoms with van der Waals surface area (Å²) in [6.07, 6.45) is 2.73. The Morgan fingerprint density at radius 3 is 2.77 bits per heavy atom. The lowest BCUT2D eigenvalue weighted by molar-refractivity contribution is 0.0526.